The van der Waals surface area contributed by atoms with Crippen LogP contribution < -0.4 is 10.1 Å². The lowest BCUT2D eigenvalue weighted by Crippen LogP contribution is -2.28. The van der Waals surface area contributed by atoms with E-state index in [2.05, 4.69) is 20.3 Å². The zero-order valence-electron chi connectivity index (χ0n) is 14.8. The molecule has 3 heterocycles. The molecule has 1 saturated heterocycles. The van der Waals surface area contributed by atoms with Gasteiger partial charge in [-0.3, -0.25) is 0 Å². The summed E-state index contributed by atoms with van der Waals surface area (Å²) >= 11 is 0. The minimum Gasteiger partial charge on any atom is -0.443 e. The van der Waals surface area contributed by atoms with E-state index in [9.17, 15) is 17.6 Å². The lowest BCUT2D eigenvalue weighted by Gasteiger charge is -2.24. The van der Waals surface area contributed by atoms with Crippen LogP contribution in [0.1, 0.15) is 41.5 Å². The fraction of sp³-hybridized carbons (Fsp3) is 0.500. The molecule has 1 N–H and O–H groups in total. The molecule has 0 amide bonds. The Morgan fingerprint density at radius 1 is 1.22 bits per heavy atom. The lowest BCUT2D eigenvalue weighted by atomic mass is 9.91. The van der Waals surface area contributed by atoms with Crippen molar-refractivity contribution in [3.63, 3.8) is 0 Å². The smallest absolute Gasteiger partial charge is 0.433 e. The molecule has 0 aliphatic carbocycles. The van der Waals surface area contributed by atoms with Gasteiger partial charge < -0.3 is 10.1 Å². The summed E-state index contributed by atoms with van der Waals surface area (Å²) in [5.74, 6) is 0.388. The Morgan fingerprint density at radius 3 is 2.67 bits per heavy atom. The van der Waals surface area contributed by atoms with Gasteiger partial charge in [-0.1, -0.05) is 6.07 Å². The van der Waals surface area contributed by atoms with Crippen molar-refractivity contribution in [2.45, 2.75) is 44.6 Å². The summed E-state index contributed by atoms with van der Waals surface area (Å²) in [5.41, 5.74) is 0.264. The monoisotopic (exact) mass is 384 g/mol. The van der Waals surface area contributed by atoms with E-state index < -0.39 is 24.1 Å². The van der Waals surface area contributed by atoms with Gasteiger partial charge in [0.2, 0.25) is 12.2 Å². The molecule has 2 aromatic heterocycles. The Morgan fingerprint density at radius 2 is 1.96 bits per heavy atom. The Kier molecular flexibility index (Phi) is 5.88. The number of hydrogen-bond acceptors (Lipinski definition) is 5. The van der Waals surface area contributed by atoms with Gasteiger partial charge in [0.15, 0.2) is 0 Å². The summed E-state index contributed by atoms with van der Waals surface area (Å²) in [4.78, 5) is 11.9. The van der Waals surface area contributed by atoms with Gasteiger partial charge >= 0.3 is 6.18 Å². The van der Waals surface area contributed by atoms with E-state index in [1.165, 1.54) is 6.07 Å². The third-order valence-electron chi connectivity index (χ3n) is 4.39. The molecular formula is C18H20F4N4O. The molecule has 0 saturated carbocycles. The van der Waals surface area contributed by atoms with Crippen LogP contribution in [0.2, 0.25) is 0 Å². The highest BCUT2D eigenvalue weighted by molar-refractivity contribution is 5.23. The van der Waals surface area contributed by atoms with Crippen molar-refractivity contribution in [2.24, 2.45) is 0 Å². The average molecular weight is 384 g/mol. The predicted octanol–water partition coefficient (Wildman–Crippen LogP) is 3.58. The summed E-state index contributed by atoms with van der Waals surface area (Å²) < 4.78 is 57.6. The van der Waals surface area contributed by atoms with Crippen molar-refractivity contribution in [3.05, 3.63) is 47.2 Å². The molecule has 9 heteroatoms. The normalized spacial score (nSPS) is 16.9. The number of hydrogen-bond donors (Lipinski definition) is 1. The average Bonchev–Trinajstić information content (AvgIpc) is 2.63. The molecule has 1 atom stereocenters. The van der Waals surface area contributed by atoms with Crippen molar-refractivity contribution >= 4 is 0 Å². The van der Waals surface area contributed by atoms with Crippen LogP contribution in [0.5, 0.6) is 5.88 Å². The summed E-state index contributed by atoms with van der Waals surface area (Å²) in [6, 6.07) is 3.14. The highest BCUT2D eigenvalue weighted by Crippen LogP contribution is 2.30. The Bertz CT molecular complexity index is 778. The van der Waals surface area contributed by atoms with Crippen molar-refractivity contribution in [1.29, 1.82) is 0 Å². The lowest BCUT2D eigenvalue weighted by molar-refractivity contribution is -0.141. The zero-order chi connectivity index (χ0) is 19.4. The SMILES string of the molecule is Cc1ncc(CC(F)Oc2cccc(C(F)(F)F)n2)c(C2CCNCC2)n1. The molecular weight excluding hydrogens is 364 g/mol. The molecule has 1 aliphatic heterocycles. The first-order chi connectivity index (χ1) is 12.8. The highest BCUT2D eigenvalue weighted by atomic mass is 19.4. The van der Waals surface area contributed by atoms with Crippen molar-refractivity contribution < 1.29 is 22.3 Å². The number of rotatable bonds is 5. The molecule has 2 aromatic rings. The van der Waals surface area contributed by atoms with E-state index in [1.807, 2.05) is 0 Å². The van der Waals surface area contributed by atoms with Gasteiger partial charge in [-0.05, 0) is 44.5 Å². The van der Waals surface area contributed by atoms with Gasteiger partial charge in [0.25, 0.3) is 0 Å². The molecule has 3 rings (SSSR count). The van der Waals surface area contributed by atoms with Gasteiger partial charge in [-0.2, -0.15) is 13.2 Å². The fourth-order valence-electron chi connectivity index (χ4n) is 3.10. The van der Waals surface area contributed by atoms with Gasteiger partial charge in [-0.25, -0.2) is 19.3 Å². The molecule has 0 bridgehead atoms. The van der Waals surface area contributed by atoms with E-state index in [4.69, 9.17) is 4.74 Å². The third kappa shape index (κ3) is 5.12. The number of alkyl halides is 4. The number of nitrogens with zero attached hydrogens (tertiary/aromatic N) is 3. The molecule has 0 aromatic carbocycles. The maximum atomic E-state index is 14.4. The maximum Gasteiger partial charge on any atom is 0.433 e. The first kappa shape index (κ1) is 19.5. The van der Waals surface area contributed by atoms with Gasteiger partial charge in [0, 0.05) is 24.6 Å². The van der Waals surface area contributed by atoms with E-state index in [-0.39, 0.29) is 12.3 Å². The summed E-state index contributed by atoms with van der Waals surface area (Å²) in [7, 11) is 0. The van der Waals surface area contributed by atoms with Crippen molar-refractivity contribution in [1.82, 2.24) is 20.3 Å². The molecule has 0 spiro atoms. The molecule has 27 heavy (non-hydrogen) atoms. The third-order valence-corrected chi connectivity index (χ3v) is 4.39. The number of piperidine rings is 1. The first-order valence-electron chi connectivity index (χ1n) is 8.71. The van der Waals surface area contributed by atoms with E-state index >= 15 is 0 Å². The Labute approximate surface area is 154 Å². The first-order valence-corrected chi connectivity index (χ1v) is 8.71. The number of aryl methyl sites for hydroxylation is 1. The summed E-state index contributed by atoms with van der Waals surface area (Å²) in [5, 5.41) is 3.27. The number of nitrogens with one attached hydrogen (secondary N) is 1. The minimum atomic E-state index is -4.61. The Balaban J connectivity index is 1.73. The highest BCUT2D eigenvalue weighted by Gasteiger charge is 2.33. The van der Waals surface area contributed by atoms with Crippen LogP contribution >= 0.6 is 0 Å². The van der Waals surface area contributed by atoms with Crippen LogP contribution in [-0.4, -0.2) is 34.4 Å². The molecule has 146 valence electrons. The van der Waals surface area contributed by atoms with Crippen LogP contribution in [0.15, 0.2) is 24.4 Å². The van der Waals surface area contributed by atoms with E-state index in [0.717, 1.165) is 43.8 Å². The number of aromatic nitrogens is 3. The van der Waals surface area contributed by atoms with Crippen LogP contribution in [0.25, 0.3) is 0 Å². The quantitative estimate of drug-likeness (QED) is 0.799. The van der Waals surface area contributed by atoms with Crippen LogP contribution in [0.3, 0.4) is 0 Å². The second kappa shape index (κ2) is 8.16. The van der Waals surface area contributed by atoms with Crippen LogP contribution in [-0.2, 0) is 12.6 Å². The van der Waals surface area contributed by atoms with Crippen molar-refractivity contribution in [2.75, 3.05) is 13.1 Å². The van der Waals surface area contributed by atoms with Gasteiger partial charge in [-0.15, -0.1) is 0 Å². The van der Waals surface area contributed by atoms with Crippen LogP contribution in [0.4, 0.5) is 17.6 Å². The van der Waals surface area contributed by atoms with Gasteiger partial charge in [0.05, 0.1) is 5.69 Å². The summed E-state index contributed by atoms with van der Waals surface area (Å²) in [6.07, 6.45) is -3.29. The number of ether oxygens (including phenoxy) is 1. The maximum absolute atomic E-state index is 14.4. The van der Waals surface area contributed by atoms with Crippen LogP contribution in [0, 0.1) is 6.92 Å². The minimum absolute atomic E-state index is 0.155. The summed E-state index contributed by atoms with van der Waals surface area (Å²) in [6.45, 7) is 3.48. The van der Waals surface area contributed by atoms with E-state index in [0.29, 0.717) is 11.4 Å². The standard InChI is InChI=1S/C18H20F4N4O/c1-11-24-10-13(17(25-11)12-5-7-23-8-6-12)9-15(19)27-16-4-2-3-14(26-16)18(20,21)22/h2-4,10,12,15,23H,5-9H2,1H3. The topological polar surface area (TPSA) is 59.9 Å². The second-order valence-corrected chi connectivity index (χ2v) is 6.44. The van der Waals surface area contributed by atoms with Gasteiger partial charge in [0.1, 0.15) is 11.5 Å². The largest absolute Gasteiger partial charge is 0.443 e. The molecule has 1 aliphatic rings. The zero-order valence-corrected chi connectivity index (χ0v) is 14.8. The second-order valence-electron chi connectivity index (χ2n) is 6.44. The number of pyridine rings is 1. The molecule has 0 radical (unpaired) electrons. The Hall–Kier alpha value is -2.29. The molecule has 5 nitrogen and oxygen atoms in total. The fourth-order valence-corrected chi connectivity index (χ4v) is 3.10. The van der Waals surface area contributed by atoms with Crippen molar-refractivity contribution in [3.8, 4) is 5.88 Å². The predicted molar refractivity (Wildman–Crippen MR) is 90.1 cm³/mol. The molecule has 1 unspecified atom stereocenters. The van der Waals surface area contributed by atoms with E-state index in [1.54, 1.807) is 13.1 Å². The number of halogens is 4. The molecule has 1 fully saturated rings.